The van der Waals surface area contributed by atoms with Crippen LogP contribution in [0.25, 0.3) is 0 Å². The van der Waals surface area contributed by atoms with E-state index in [9.17, 15) is 0 Å². The molecule has 0 amide bonds. The molecule has 0 radical (unpaired) electrons. The summed E-state index contributed by atoms with van der Waals surface area (Å²) in [5.74, 6) is 2.21. The minimum atomic E-state index is -0.769. The van der Waals surface area contributed by atoms with Crippen molar-refractivity contribution in [2.24, 2.45) is 0 Å². The predicted molar refractivity (Wildman–Crippen MR) is 60.9 cm³/mol. The van der Waals surface area contributed by atoms with Crippen LogP contribution in [0, 0.1) is 0 Å². The summed E-state index contributed by atoms with van der Waals surface area (Å²) in [6.07, 6.45) is 0. The van der Waals surface area contributed by atoms with Crippen molar-refractivity contribution in [3.63, 3.8) is 0 Å². The number of thiol groups is 2. The van der Waals surface area contributed by atoms with Crippen molar-refractivity contribution in [1.82, 2.24) is 0 Å². The van der Waals surface area contributed by atoms with Crippen molar-refractivity contribution < 1.29 is 0 Å². The molecule has 0 spiro atoms. The molecule has 0 aromatic heterocycles. The van der Waals surface area contributed by atoms with Crippen molar-refractivity contribution >= 4 is 90.5 Å². The Balaban J connectivity index is -0.000000180. The fourth-order valence-electron chi connectivity index (χ4n) is 0.204. The second-order valence-corrected chi connectivity index (χ2v) is 9.20. The minimum absolute atomic E-state index is 0. The molecule has 0 aliphatic rings. The first-order valence-electron chi connectivity index (χ1n) is 2.36. The van der Waals surface area contributed by atoms with E-state index in [-0.39, 0.29) is 59.1 Å². The Bertz CT molecular complexity index is 51.8. The second kappa shape index (κ2) is 9.14. The molecule has 0 aromatic carbocycles. The Kier molecular flexibility index (Phi) is 18.2. The zero-order valence-corrected chi connectivity index (χ0v) is 7.32. The van der Waals surface area contributed by atoms with Gasteiger partial charge in [0.1, 0.15) is 0 Å². The van der Waals surface area contributed by atoms with Crippen LogP contribution in [0.3, 0.4) is 0 Å². The second-order valence-electron chi connectivity index (χ2n) is 1.38. The predicted octanol–water partition coefficient (Wildman–Crippen LogP) is 1.22. The molecule has 0 nitrogen and oxygen atoms in total. The average Bonchev–Trinajstić information content (AvgIpc) is 1.68. The van der Waals surface area contributed by atoms with Gasteiger partial charge >= 0.3 is 59.1 Å². The molecule has 50 valence electrons. The summed E-state index contributed by atoms with van der Waals surface area (Å²) >= 11 is 8.67. The van der Waals surface area contributed by atoms with Crippen LogP contribution in [0.2, 0.25) is 0 Å². The number of hydrogen-bond acceptors (Lipinski definition) is 2. The van der Waals surface area contributed by atoms with Crippen LogP contribution in [-0.2, 0) is 0 Å². The van der Waals surface area contributed by atoms with Gasteiger partial charge in [0.05, 0.1) is 0 Å². The molecule has 0 aromatic rings. The molecule has 0 heterocycles. The van der Waals surface area contributed by atoms with Crippen molar-refractivity contribution in [3.05, 3.63) is 0 Å². The molecule has 0 aliphatic carbocycles. The van der Waals surface area contributed by atoms with Crippen molar-refractivity contribution in [2.75, 3.05) is 11.5 Å². The third kappa shape index (κ3) is 11.0. The van der Waals surface area contributed by atoms with Crippen molar-refractivity contribution in [2.45, 2.75) is 13.8 Å². The molecule has 0 saturated heterocycles. The monoisotopic (exact) mass is 204 g/mol. The molecule has 5 heteroatoms. The van der Waals surface area contributed by atoms with E-state index in [0.717, 1.165) is 11.5 Å². The van der Waals surface area contributed by atoms with Gasteiger partial charge in [-0.1, -0.05) is 13.8 Å². The standard InChI is InChI=1S/C4H12S3.2Na.2H/c1-3-7(5,6)4-2;;;;/h5-6H,3-4H2,1-2H3;;;;. The van der Waals surface area contributed by atoms with Gasteiger partial charge in [-0.05, 0) is 11.5 Å². The fourth-order valence-corrected chi connectivity index (χ4v) is 0.612. The summed E-state index contributed by atoms with van der Waals surface area (Å²) in [6.45, 7) is 4.25. The van der Waals surface area contributed by atoms with E-state index in [1.807, 2.05) is 0 Å². The van der Waals surface area contributed by atoms with E-state index in [2.05, 4.69) is 37.2 Å². The van der Waals surface area contributed by atoms with Crippen molar-refractivity contribution in [1.29, 1.82) is 0 Å². The molecule has 9 heavy (non-hydrogen) atoms. The summed E-state index contributed by atoms with van der Waals surface area (Å²) in [6, 6.07) is 0. The fraction of sp³-hybridized carbons (Fsp3) is 1.00. The van der Waals surface area contributed by atoms with Gasteiger partial charge in [-0.3, -0.25) is 0 Å². The molecule has 0 rings (SSSR count). The van der Waals surface area contributed by atoms with Crippen LogP contribution in [0.5, 0.6) is 0 Å². The summed E-state index contributed by atoms with van der Waals surface area (Å²) in [7, 11) is -0.769. The van der Waals surface area contributed by atoms with Gasteiger partial charge < -0.3 is 0 Å². The van der Waals surface area contributed by atoms with Gasteiger partial charge in [0.15, 0.2) is 0 Å². The molecular weight excluding hydrogens is 190 g/mol. The average molecular weight is 204 g/mol. The van der Waals surface area contributed by atoms with Crippen LogP contribution >= 0.6 is 31.4 Å². The van der Waals surface area contributed by atoms with Crippen LogP contribution < -0.4 is 0 Å². The SMILES string of the molecule is CCS(S)(S)CC.[NaH].[NaH]. The summed E-state index contributed by atoms with van der Waals surface area (Å²) in [5, 5.41) is 0. The van der Waals surface area contributed by atoms with Gasteiger partial charge in [0.2, 0.25) is 0 Å². The maximum absolute atomic E-state index is 4.33. The van der Waals surface area contributed by atoms with E-state index in [0.29, 0.717) is 0 Å². The van der Waals surface area contributed by atoms with Gasteiger partial charge in [0, 0.05) is 0 Å². The zero-order valence-electron chi connectivity index (χ0n) is 4.72. The number of rotatable bonds is 2. The topological polar surface area (TPSA) is 0 Å². The van der Waals surface area contributed by atoms with Crippen LogP contribution in [0.4, 0.5) is 0 Å². The molecule has 0 saturated carbocycles. The first kappa shape index (κ1) is 18.0. The first-order valence-corrected chi connectivity index (χ1v) is 6.43. The van der Waals surface area contributed by atoms with E-state index < -0.39 is 8.09 Å². The molecule has 0 aliphatic heterocycles. The van der Waals surface area contributed by atoms with E-state index in [1.165, 1.54) is 0 Å². The third-order valence-electron chi connectivity index (χ3n) is 0.925. The van der Waals surface area contributed by atoms with Gasteiger partial charge in [-0.2, -0.15) is 8.09 Å². The Labute approximate surface area is 114 Å². The Morgan fingerprint density at radius 1 is 1.00 bits per heavy atom. The Morgan fingerprint density at radius 3 is 1.22 bits per heavy atom. The van der Waals surface area contributed by atoms with Gasteiger partial charge in [-0.25, -0.2) is 0 Å². The number of hydrogen-bond donors (Lipinski definition) is 2. The molecule has 0 N–H and O–H groups in total. The normalized spacial score (nSPS) is 11.1. The molecular formula is C4H14Na2S3. The third-order valence-corrected chi connectivity index (χ3v) is 5.87. The van der Waals surface area contributed by atoms with E-state index >= 15 is 0 Å². The van der Waals surface area contributed by atoms with Crippen LogP contribution in [0.15, 0.2) is 0 Å². The molecule has 0 unspecified atom stereocenters. The quantitative estimate of drug-likeness (QED) is 0.377. The van der Waals surface area contributed by atoms with Crippen LogP contribution in [-0.4, -0.2) is 70.6 Å². The van der Waals surface area contributed by atoms with Crippen LogP contribution in [0.1, 0.15) is 13.8 Å². The summed E-state index contributed by atoms with van der Waals surface area (Å²) in [5.41, 5.74) is 0. The summed E-state index contributed by atoms with van der Waals surface area (Å²) < 4.78 is 0. The Hall–Kier alpha value is 3.05. The molecule has 0 bridgehead atoms. The maximum atomic E-state index is 4.33. The van der Waals surface area contributed by atoms with Gasteiger partial charge in [0.25, 0.3) is 0 Å². The zero-order chi connectivity index (χ0) is 5.91. The first-order chi connectivity index (χ1) is 3.12. The molecule has 0 atom stereocenters. The summed E-state index contributed by atoms with van der Waals surface area (Å²) in [4.78, 5) is 0. The van der Waals surface area contributed by atoms with Gasteiger partial charge in [-0.15, -0.1) is 23.3 Å². The van der Waals surface area contributed by atoms with E-state index in [4.69, 9.17) is 0 Å². The molecule has 0 fully saturated rings. The Morgan fingerprint density at radius 2 is 1.22 bits per heavy atom. The van der Waals surface area contributed by atoms with E-state index in [1.54, 1.807) is 0 Å². The van der Waals surface area contributed by atoms with Crippen molar-refractivity contribution in [3.8, 4) is 0 Å².